The Kier molecular flexibility index (Phi) is 5.59. The van der Waals surface area contributed by atoms with Crippen molar-refractivity contribution in [2.24, 2.45) is 0 Å². The second-order valence-corrected chi connectivity index (χ2v) is 7.11. The van der Waals surface area contributed by atoms with Gasteiger partial charge in [-0.3, -0.25) is 4.79 Å². The first-order valence-corrected chi connectivity index (χ1v) is 8.35. The summed E-state index contributed by atoms with van der Waals surface area (Å²) in [6.07, 6.45) is 1.56. The average molecular weight is 345 g/mol. The Labute approximate surface area is 145 Å². The van der Waals surface area contributed by atoms with Crippen LogP contribution in [0.2, 0.25) is 4.34 Å². The van der Waals surface area contributed by atoms with Crippen LogP contribution in [0.1, 0.15) is 34.5 Å². The smallest absolute Gasteiger partial charge is 0.262 e. The third-order valence-corrected chi connectivity index (χ3v) is 4.67. The number of aryl methyl sites for hydroxylation is 2. The highest BCUT2D eigenvalue weighted by molar-refractivity contribution is 7.17. The summed E-state index contributed by atoms with van der Waals surface area (Å²) in [5.74, 6) is -0.384. The molecule has 5 heteroatoms. The van der Waals surface area contributed by atoms with E-state index in [-0.39, 0.29) is 17.5 Å². The fourth-order valence-corrected chi connectivity index (χ4v) is 3.28. The van der Waals surface area contributed by atoms with Crippen LogP contribution >= 0.6 is 22.9 Å². The van der Waals surface area contributed by atoms with Crippen molar-refractivity contribution in [2.75, 3.05) is 0 Å². The van der Waals surface area contributed by atoms with Crippen molar-refractivity contribution in [3.8, 4) is 6.07 Å². The molecule has 0 radical (unpaired) electrons. The lowest BCUT2D eigenvalue weighted by Crippen LogP contribution is -2.28. The molecular formula is C18H17ClN2OS. The number of nitrogens with one attached hydrogen (secondary N) is 1. The summed E-state index contributed by atoms with van der Waals surface area (Å²) < 4.78 is 0.623. The Morgan fingerprint density at radius 2 is 2.09 bits per heavy atom. The van der Waals surface area contributed by atoms with E-state index < -0.39 is 0 Å². The van der Waals surface area contributed by atoms with Crippen molar-refractivity contribution < 1.29 is 4.79 Å². The molecule has 0 bridgehead atoms. The largest absolute Gasteiger partial charge is 0.345 e. The van der Waals surface area contributed by atoms with Crippen LogP contribution in [0.5, 0.6) is 0 Å². The van der Waals surface area contributed by atoms with E-state index in [1.165, 1.54) is 11.3 Å². The monoisotopic (exact) mass is 344 g/mol. The number of nitriles is 1. The van der Waals surface area contributed by atoms with Gasteiger partial charge in [-0.2, -0.15) is 5.26 Å². The standard InChI is InChI=1S/C18H17ClN2OS/c1-11-4-5-12(2)16(8-11)13(3)21-18(22)14(10-20)9-15-6-7-17(19)23-15/h4-9,13H,1-3H3,(H,21,22)/b14-9+. The van der Waals surface area contributed by atoms with E-state index in [0.29, 0.717) is 4.34 Å². The number of rotatable bonds is 4. The molecule has 3 nitrogen and oxygen atoms in total. The van der Waals surface area contributed by atoms with Gasteiger partial charge in [-0.15, -0.1) is 11.3 Å². The van der Waals surface area contributed by atoms with Crippen LogP contribution < -0.4 is 5.32 Å². The van der Waals surface area contributed by atoms with Gasteiger partial charge in [0.1, 0.15) is 11.6 Å². The number of benzene rings is 1. The lowest BCUT2D eigenvalue weighted by molar-refractivity contribution is -0.117. The Hall–Kier alpha value is -2.09. The van der Waals surface area contributed by atoms with Crippen LogP contribution in [0, 0.1) is 25.2 Å². The molecule has 1 atom stereocenters. The molecule has 0 aliphatic rings. The van der Waals surface area contributed by atoms with Gasteiger partial charge in [0.15, 0.2) is 0 Å². The van der Waals surface area contributed by atoms with Crippen molar-refractivity contribution >= 4 is 34.9 Å². The fraction of sp³-hybridized carbons (Fsp3) is 0.222. The maximum atomic E-state index is 12.3. The molecule has 0 aliphatic heterocycles. The van der Waals surface area contributed by atoms with Crippen LogP contribution in [0.25, 0.3) is 6.08 Å². The van der Waals surface area contributed by atoms with Gasteiger partial charge in [0.25, 0.3) is 5.91 Å². The van der Waals surface area contributed by atoms with E-state index in [0.717, 1.165) is 21.6 Å². The van der Waals surface area contributed by atoms with Gasteiger partial charge < -0.3 is 5.32 Å². The molecule has 0 fully saturated rings. The molecule has 2 aromatic rings. The molecule has 23 heavy (non-hydrogen) atoms. The molecule has 0 saturated carbocycles. The van der Waals surface area contributed by atoms with E-state index in [2.05, 4.69) is 11.4 Å². The number of hydrogen-bond acceptors (Lipinski definition) is 3. The van der Waals surface area contributed by atoms with Crippen molar-refractivity contribution in [1.29, 1.82) is 5.26 Å². The number of carbonyl (C=O) groups is 1. The van der Waals surface area contributed by atoms with E-state index in [1.807, 2.05) is 39.0 Å². The van der Waals surface area contributed by atoms with Crippen molar-refractivity contribution in [1.82, 2.24) is 5.32 Å². The lowest BCUT2D eigenvalue weighted by Gasteiger charge is -2.17. The number of carbonyl (C=O) groups excluding carboxylic acids is 1. The molecule has 1 aromatic heterocycles. The Morgan fingerprint density at radius 1 is 1.35 bits per heavy atom. The Morgan fingerprint density at radius 3 is 2.70 bits per heavy atom. The van der Waals surface area contributed by atoms with Gasteiger partial charge in [0.2, 0.25) is 0 Å². The minimum absolute atomic E-state index is 0.0701. The summed E-state index contributed by atoms with van der Waals surface area (Å²) in [6, 6.07) is 11.4. The maximum Gasteiger partial charge on any atom is 0.262 e. The molecular weight excluding hydrogens is 328 g/mol. The zero-order chi connectivity index (χ0) is 17.0. The average Bonchev–Trinajstić information content (AvgIpc) is 2.92. The van der Waals surface area contributed by atoms with Gasteiger partial charge >= 0.3 is 0 Å². The van der Waals surface area contributed by atoms with Gasteiger partial charge in [0, 0.05) is 4.88 Å². The van der Waals surface area contributed by atoms with Crippen LogP contribution in [-0.4, -0.2) is 5.91 Å². The van der Waals surface area contributed by atoms with E-state index in [9.17, 15) is 10.1 Å². The van der Waals surface area contributed by atoms with Gasteiger partial charge in [-0.1, -0.05) is 35.4 Å². The summed E-state index contributed by atoms with van der Waals surface area (Å²) in [7, 11) is 0. The molecule has 2 rings (SSSR count). The van der Waals surface area contributed by atoms with Crippen LogP contribution in [0.4, 0.5) is 0 Å². The molecule has 1 heterocycles. The van der Waals surface area contributed by atoms with E-state index in [1.54, 1.807) is 18.2 Å². The molecule has 118 valence electrons. The third kappa shape index (κ3) is 4.44. The van der Waals surface area contributed by atoms with Gasteiger partial charge in [-0.05, 0) is 50.1 Å². The summed E-state index contributed by atoms with van der Waals surface area (Å²) >= 11 is 7.20. The number of hydrogen-bond donors (Lipinski definition) is 1. The summed E-state index contributed by atoms with van der Waals surface area (Å²) in [4.78, 5) is 13.1. The van der Waals surface area contributed by atoms with Crippen molar-refractivity contribution in [3.63, 3.8) is 0 Å². The topological polar surface area (TPSA) is 52.9 Å². The predicted molar refractivity (Wildman–Crippen MR) is 95.4 cm³/mol. The summed E-state index contributed by atoms with van der Waals surface area (Å²) in [6.45, 7) is 5.93. The van der Waals surface area contributed by atoms with Crippen LogP contribution in [-0.2, 0) is 4.79 Å². The second-order valence-electron chi connectivity index (χ2n) is 5.37. The normalized spacial score (nSPS) is 12.6. The van der Waals surface area contributed by atoms with Crippen LogP contribution in [0.3, 0.4) is 0 Å². The van der Waals surface area contributed by atoms with Crippen molar-refractivity contribution in [2.45, 2.75) is 26.8 Å². The zero-order valence-corrected chi connectivity index (χ0v) is 14.8. The maximum absolute atomic E-state index is 12.3. The SMILES string of the molecule is Cc1ccc(C)c(C(C)NC(=O)/C(C#N)=C/c2ccc(Cl)s2)c1. The quantitative estimate of drug-likeness (QED) is 0.639. The molecule has 0 spiro atoms. The molecule has 0 saturated heterocycles. The number of nitrogens with zero attached hydrogens (tertiary/aromatic N) is 1. The fourth-order valence-electron chi connectivity index (χ4n) is 2.28. The van der Waals surface area contributed by atoms with Gasteiger partial charge in [0.05, 0.1) is 10.4 Å². The second kappa shape index (κ2) is 7.45. The minimum atomic E-state index is -0.384. The van der Waals surface area contributed by atoms with Gasteiger partial charge in [-0.25, -0.2) is 0 Å². The number of thiophene rings is 1. The summed E-state index contributed by atoms with van der Waals surface area (Å²) in [5, 5.41) is 12.1. The first-order valence-electron chi connectivity index (χ1n) is 7.16. The Bertz CT molecular complexity index is 802. The molecule has 1 amide bonds. The molecule has 1 N–H and O–H groups in total. The van der Waals surface area contributed by atoms with E-state index in [4.69, 9.17) is 11.6 Å². The highest BCUT2D eigenvalue weighted by Crippen LogP contribution is 2.24. The first-order chi connectivity index (χ1) is 10.9. The lowest BCUT2D eigenvalue weighted by atomic mass is 10.00. The zero-order valence-electron chi connectivity index (χ0n) is 13.2. The highest BCUT2D eigenvalue weighted by Gasteiger charge is 2.15. The number of halogens is 1. The van der Waals surface area contributed by atoms with E-state index >= 15 is 0 Å². The predicted octanol–water partition coefficient (Wildman–Crippen LogP) is 4.80. The molecule has 1 aromatic carbocycles. The minimum Gasteiger partial charge on any atom is -0.345 e. The first kappa shape index (κ1) is 17.3. The third-order valence-electron chi connectivity index (χ3n) is 3.49. The molecule has 1 unspecified atom stereocenters. The number of amides is 1. The molecule has 0 aliphatic carbocycles. The highest BCUT2D eigenvalue weighted by atomic mass is 35.5. The van der Waals surface area contributed by atoms with Crippen molar-refractivity contribution in [3.05, 3.63) is 61.8 Å². The summed E-state index contributed by atoms with van der Waals surface area (Å²) in [5.41, 5.74) is 3.36. The van der Waals surface area contributed by atoms with Crippen LogP contribution in [0.15, 0.2) is 35.9 Å². The Balaban J connectivity index is 2.18.